The number of hydrogen-bond acceptors (Lipinski definition) is 4. The van der Waals surface area contributed by atoms with Crippen molar-refractivity contribution < 1.29 is 17.5 Å². The number of ether oxygens (including phenoxy) is 1. The average Bonchev–Trinajstić information content (AvgIpc) is 3.31. The monoisotopic (exact) mass is 521 g/mol. The maximum Gasteiger partial charge on any atom is 0.211 e. The predicted octanol–water partition coefficient (Wildman–Crippen LogP) is 6.27. The second kappa shape index (κ2) is 10.6. The summed E-state index contributed by atoms with van der Waals surface area (Å²) >= 11 is 0. The SMILES string of the molecule is C[C@@H]([C@@H](Oc1ccc2c(cnn2-c2ccc(F)cc2)c1)c1ccccc1)N(C1CCCCC1)S(C)(=O)=O. The van der Waals surface area contributed by atoms with Crippen molar-refractivity contribution in [1.29, 1.82) is 0 Å². The van der Waals surface area contributed by atoms with E-state index >= 15 is 0 Å². The Balaban J connectivity index is 1.48. The van der Waals surface area contributed by atoms with Gasteiger partial charge in [-0.15, -0.1) is 0 Å². The topological polar surface area (TPSA) is 64.4 Å². The number of rotatable bonds is 8. The van der Waals surface area contributed by atoms with Crippen molar-refractivity contribution in [3.8, 4) is 11.4 Å². The van der Waals surface area contributed by atoms with Gasteiger partial charge in [-0.1, -0.05) is 49.6 Å². The third-order valence-corrected chi connectivity index (χ3v) is 8.56. The van der Waals surface area contributed by atoms with Crippen LogP contribution in [0.25, 0.3) is 16.6 Å². The van der Waals surface area contributed by atoms with Crippen molar-refractivity contribution >= 4 is 20.9 Å². The highest BCUT2D eigenvalue weighted by atomic mass is 32.2. The summed E-state index contributed by atoms with van der Waals surface area (Å²) in [7, 11) is -3.46. The Morgan fingerprint density at radius 2 is 1.70 bits per heavy atom. The van der Waals surface area contributed by atoms with Gasteiger partial charge in [-0.2, -0.15) is 9.40 Å². The lowest BCUT2D eigenvalue weighted by Crippen LogP contribution is -2.49. The summed E-state index contributed by atoms with van der Waals surface area (Å²) in [4.78, 5) is 0. The van der Waals surface area contributed by atoms with Gasteiger partial charge in [0.2, 0.25) is 10.0 Å². The van der Waals surface area contributed by atoms with Crippen LogP contribution in [-0.4, -0.2) is 40.8 Å². The van der Waals surface area contributed by atoms with Crippen molar-refractivity contribution in [2.75, 3.05) is 6.26 Å². The van der Waals surface area contributed by atoms with Gasteiger partial charge in [0.1, 0.15) is 17.7 Å². The number of aromatic nitrogens is 2. The molecule has 1 aliphatic rings. The first-order valence-electron chi connectivity index (χ1n) is 12.7. The molecule has 1 saturated carbocycles. The number of halogens is 1. The molecule has 0 saturated heterocycles. The first-order chi connectivity index (χ1) is 17.8. The second-order valence-corrected chi connectivity index (χ2v) is 11.7. The van der Waals surface area contributed by atoms with E-state index < -0.39 is 22.2 Å². The third kappa shape index (κ3) is 5.55. The minimum absolute atomic E-state index is 0.0232. The zero-order valence-corrected chi connectivity index (χ0v) is 21.9. The molecule has 2 atom stereocenters. The highest BCUT2D eigenvalue weighted by Gasteiger charge is 2.37. The molecule has 1 aliphatic carbocycles. The van der Waals surface area contributed by atoms with Crippen molar-refractivity contribution in [3.05, 3.63) is 90.4 Å². The van der Waals surface area contributed by atoms with Gasteiger partial charge in [-0.25, -0.2) is 17.5 Å². The quantitative estimate of drug-likeness (QED) is 0.274. The normalized spacial score (nSPS) is 16.6. The Hall–Kier alpha value is -3.23. The minimum Gasteiger partial charge on any atom is -0.484 e. The lowest BCUT2D eigenvalue weighted by atomic mass is 9.93. The molecule has 4 aromatic rings. The van der Waals surface area contributed by atoms with Gasteiger partial charge in [0.15, 0.2) is 0 Å². The molecule has 0 amide bonds. The molecular formula is C29H32FN3O3S. The first-order valence-corrected chi connectivity index (χ1v) is 14.6. The van der Waals surface area contributed by atoms with Crippen LogP contribution in [0, 0.1) is 5.82 Å². The van der Waals surface area contributed by atoms with Crippen molar-refractivity contribution in [2.45, 2.75) is 57.2 Å². The number of fused-ring (bicyclic) bond motifs is 1. The Kier molecular flexibility index (Phi) is 7.31. The lowest BCUT2D eigenvalue weighted by Gasteiger charge is -2.40. The first kappa shape index (κ1) is 25.4. The summed E-state index contributed by atoms with van der Waals surface area (Å²) in [6, 6.07) is 21.3. The summed E-state index contributed by atoms with van der Waals surface area (Å²) in [6.45, 7) is 1.94. The van der Waals surface area contributed by atoms with Gasteiger partial charge in [-0.05, 0) is 67.8 Å². The third-order valence-electron chi connectivity index (χ3n) is 7.16. The Bertz CT molecular complexity index is 1450. The summed E-state index contributed by atoms with van der Waals surface area (Å²) in [6.07, 6.45) is 7.51. The molecule has 8 heteroatoms. The van der Waals surface area contributed by atoms with E-state index in [1.165, 1.54) is 18.4 Å². The molecular weight excluding hydrogens is 489 g/mol. The zero-order chi connectivity index (χ0) is 26.0. The summed E-state index contributed by atoms with van der Waals surface area (Å²) in [5, 5.41) is 5.35. The van der Waals surface area contributed by atoms with Crippen LogP contribution in [0.15, 0.2) is 79.0 Å². The molecule has 0 radical (unpaired) electrons. The Morgan fingerprint density at radius 3 is 2.38 bits per heavy atom. The Labute approximate surface area is 217 Å². The van der Waals surface area contributed by atoms with E-state index in [1.807, 2.05) is 55.5 Å². The van der Waals surface area contributed by atoms with Crippen LogP contribution in [0.1, 0.15) is 50.7 Å². The number of benzene rings is 3. The minimum atomic E-state index is -3.46. The predicted molar refractivity (Wildman–Crippen MR) is 144 cm³/mol. The molecule has 0 unspecified atom stereocenters. The van der Waals surface area contributed by atoms with E-state index in [4.69, 9.17) is 4.74 Å². The molecule has 0 bridgehead atoms. The molecule has 1 fully saturated rings. The van der Waals surface area contributed by atoms with Crippen LogP contribution in [0.3, 0.4) is 0 Å². The van der Waals surface area contributed by atoms with E-state index in [-0.39, 0.29) is 11.9 Å². The molecule has 1 aromatic heterocycles. The molecule has 194 valence electrons. The highest BCUT2D eigenvalue weighted by Crippen LogP contribution is 2.34. The molecule has 37 heavy (non-hydrogen) atoms. The van der Waals surface area contributed by atoms with E-state index in [1.54, 1.807) is 27.3 Å². The number of nitrogens with zero attached hydrogens (tertiary/aromatic N) is 3. The molecule has 3 aromatic carbocycles. The Morgan fingerprint density at radius 1 is 1.00 bits per heavy atom. The van der Waals surface area contributed by atoms with E-state index in [2.05, 4.69) is 5.10 Å². The fraction of sp³-hybridized carbons (Fsp3) is 0.345. The summed E-state index contributed by atoms with van der Waals surface area (Å²) < 4.78 is 49.4. The van der Waals surface area contributed by atoms with Crippen LogP contribution >= 0.6 is 0 Å². The van der Waals surface area contributed by atoms with Gasteiger partial charge in [0.25, 0.3) is 0 Å². The molecule has 0 spiro atoms. The highest BCUT2D eigenvalue weighted by molar-refractivity contribution is 7.88. The van der Waals surface area contributed by atoms with Crippen LogP contribution in [0.2, 0.25) is 0 Å². The van der Waals surface area contributed by atoms with Crippen molar-refractivity contribution in [1.82, 2.24) is 14.1 Å². The summed E-state index contributed by atoms with van der Waals surface area (Å²) in [5.74, 6) is 0.331. The van der Waals surface area contributed by atoms with Gasteiger partial charge >= 0.3 is 0 Å². The summed E-state index contributed by atoms with van der Waals surface area (Å²) in [5.41, 5.74) is 2.54. The lowest BCUT2D eigenvalue weighted by molar-refractivity contribution is 0.0916. The number of sulfonamides is 1. The standard InChI is InChI=1S/C29H32FN3O3S/c1-21(33(37(2,34)35)26-11-7-4-8-12-26)29(22-9-5-3-6-10-22)36-27-17-18-28-23(19-27)20-31-32(28)25-15-13-24(30)14-16-25/h3,5-6,9-10,13-21,26,29H,4,7-8,11-12H2,1-2H3/t21-,29+/m0/s1. The fourth-order valence-corrected chi connectivity index (χ4v) is 6.95. The van der Waals surface area contributed by atoms with Gasteiger partial charge < -0.3 is 4.74 Å². The fourth-order valence-electron chi connectivity index (χ4n) is 5.48. The maximum atomic E-state index is 13.4. The van der Waals surface area contributed by atoms with E-state index in [0.29, 0.717) is 5.75 Å². The number of hydrogen-bond donors (Lipinski definition) is 0. The maximum absolute atomic E-state index is 13.4. The van der Waals surface area contributed by atoms with Crippen LogP contribution in [0.4, 0.5) is 4.39 Å². The van der Waals surface area contributed by atoms with Gasteiger partial charge in [-0.3, -0.25) is 0 Å². The second-order valence-electron chi connectivity index (χ2n) is 9.83. The average molecular weight is 522 g/mol. The van der Waals surface area contributed by atoms with Crippen LogP contribution in [-0.2, 0) is 10.0 Å². The van der Waals surface area contributed by atoms with Crippen LogP contribution in [0.5, 0.6) is 5.75 Å². The molecule has 0 N–H and O–H groups in total. The smallest absolute Gasteiger partial charge is 0.211 e. The van der Waals surface area contributed by atoms with E-state index in [9.17, 15) is 12.8 Å². The van der Waals surface area contributed by atoms with Gasteiger partial charge in [0, 0.05) is 11.4 Å². The largest absolute Gasteiger partial charge is 0.484 e. The van der Waals surface area contributed by atoms with Crippen LogP contribution < -0.4 is 4.74 Å². The van der Waals surface area contributed by atoms with Crippen molar-refractivity contribution in [3.63, 3.8) is 0 Å². The van der Waals surface area contributed by atoms with E-state index in [0.717, 1.165) is 54.3 Å². The zero-order valence-electron chi connectivity index (χ0n) is 21.1. The molecule has 1 heterocycles. The van der Waals surface area contributed by atoms with Crippen molar-refractivity contribution in [2.24, 2.45) is 0 Å². The molecule has 5 rings (SSSR count). The molecule has 0 aliphatic heterocycles. The molecule has 6 nitrogen and oxygen atoms in total. The van der Waals surface area contributed by atoms with Gasteiger partial charge in [0.05, 0.1) is 29.7 Å².